The zero-order chi connectivity index (χ0) is 14.1. The Morgan fingerprint density at radius 2 is 1.78 bits per heavy atom. The normalized spacial score (nSPS) is 27.2. The van der Waals surface area contributed by atoms with Crippen molar-refractivity contribution >= 4 is 30.8 Å². The van der Waals surface area contributed by atoms with Gasteiger partial charge in [-0.25, -0.2) is 9.97 Å². The fraction of sp³-hybridized carbons (Fsp3) is 0.750. The highest BCUT2D eigenvalue weighted by Crippen LogP contribution is 2.25. The first-order valence-corrected chi connectivity index (χ1v) is 8.39. The van der Waals surface area contributed by atoms with Crippen LogP contribution in [0.25, 0.3) is 0 Å². The molecule has 2 atom stereocenters. The second kappa shape index (κ2) is 8.47. The van der Waals surface area contributed by atoms with Gasteiger partial charge >= 0.3 is 0 Å². The van der Waals surface area contributed by atoms with Gasteiger partial charge in [0.15, 0.2) is 0 Å². The van der Waals surface area contributed by atoms with E-state index in [1.54, 1.807) is 0 Å². The predicted molar refractivity (Wildman–Crippen MR) is 97.8 cm³/mol. The van der Waals surface area contributed by atoms with E-state index in [-0.39, 0.29) is 24.8 Å². The highest BCUT2D eigenvalue weighted by Gasteiger charge is 2.31. The van der Waals surface area contributed by atoms with Gasteiger partial charge < -0.3 is 10.2 Å². The van der Waals surface area contributed by atoms with E-state index >= 15 is 0 Å². The summed E-state index contributed by atoms with van der Waals surface area (Å²) in [6.07, 6.45) is 9.34. The molecule has 5 rings (SSSR count). The molecule has 23 heavy (non-hydrogen) atoms. The quantitative estimate of drug-likeness (QED) is 0.895. The highest BCUT2D eigenvalue weighted by molar-refractivity contribution is 5.85. The molecule has 1 N–H and O–H groups in total. The van der Waals surface area contributed by atoms with E-state index < -0.39 is 0 Å². The highest BCUT2D eigenvalue weighted by atomic mass is 35.5. The number of halogens is 2. The monoisotopic (exact) mass is 359 g/mol. The number of anilines is 1. The van der Waals surface area contributed by atoms with Crippen molar-refractivity contribution in [3.8, 4) is 0 Å². The lowest BCUT2D eigenvalue weighted by atomic mass is 9.95. The van der Waals surface area contributed by atoms with Crippen LogP contribution in [0.4, 0.5) is 5.95 Å². The van der Waals surface area contributed by atoms with Crippen molar-refractivity contribution in [1.29, 1.82) is 0 Å². The smallest absolute Gasteiger partial charge is 0.225 e. The van der Waals surface area contributed by atoms with Crippen LogP contribution in [0.3, 0.4) is 0 Å². The molecular weight excluding hydrogens is 333 g/mol. The first kappa shape index (κ1) is 18.7. The van der Waals surface area contributed by atoms with Gasteiger partial charge in [-0.3, -0.25) is 4.90 Å². The summed E-state index contributed by atoms with van der Waals surface area (Å²) in [5, 5.41) is 3.59. The molecule has 0 radical (unpaired) electrons. The van der Waals surface area contributed by atoms with Crippen molar-refractivity contribution in [2.75, 3.05) is 37.6 Å². The maximum absolute atomic E-state index is 4.58. The number of piperidine rings is 1. The fourth-order valence-electron chi connectivity index (χ4n) is 3.97. The molecule has 4 saturated heterocycles. The molecule has 4 aliphatic rings. The summed E-state index contributed by atoms with van der Waals surface area (Å²) in [5.41, 5.74) is 1.26. The Balaban J connectivity index is 0.000000960. The number of fused-ring (bicyclic) bond motifs is 4. The minimum absolute atomic E-state index is 0. The maximum Gasteiger partial charge on any atom is 0.225 e. The van der Waals surface area contributed by atoms with Crippen LogP contribution in [0.15, 0.2) is 12.4 Å². The van der Waals surface area contributed by atoms with E-state index in [1.807, 2.05) is 12.4 Å². The van der Waals surface area contributed by atoms with Gasteiger partial charge in [0.05, 0.1) is 0 Å². The van der Waals surface area contributed by atoms with Gasteiger partial charge in [0.1, 0.15) is 0 Å². The molecular formula is C16H27Cl2N5. The molecule has 0 spiro atoms. The van der Waals surface area contributed by atoms with Crippen LogP contribution in [0.2, 0.25) is 0 Å². The van der Waals surface area contributed by atoms with Crippen LogP contribution in [0.1, 0.15) is 31.2 Å². The van der Waals surface area contributed by atoms with Gasteiger partial charge in [-0.15, -0.1) is 24.8 Å². The third-order valence-corrected chi connectivity index (χ3v) is 5.20. The molecule has 0 unspecified atom stereocenters. The standard InChI is InChI=1S/C16H25N5.2ClH/c1-2-6-20(5-1)16-18-8-14(9-19-16)12-21-11-13-3-4-15(21)10-17-7-13;;/h8-9,13,15,17H,1-7,10-12H2;2*1H/t13-,15+;;/m1../s1. The van der Waals surface area contributed by atoms with Crippen molar-refractivity contribution in [3.05, 3.63) is 18.0 Å². The third-order valence-electron chi connectivity index (χ3n) is 5.20. The Morgan fingerprint density at radius 1 is 1.04 bits per heavy atom. The Bertz CT molecular complexity index is 474. The SMILES string of the molecule is Cl.Cl.c1nc(N2CCCC2)ncc1CN1C[C@@H]2CC[C@H]1CNC2. The molecule has 1 aromatic rings. The van der Waals surface area contributed by atoms with E-state index in [9.17, 15) is 0 Å². The molecule has 0 saturated carbocycles. The number of rotatable bonds is 3. The molecule has 0 aromatic carbocycles. The zero-order valence-corrected chi connectivity index (χ0v) is 15.1. The minimum Gasteiger partial charge on any atom is -0.341 e. The largest absolute Gasteiger partial charge is 0.341 e. The summed E-state index contributed by atoms with van der Waals surface area (Å²) in [4.78, 5) is 14.1. The van der Waals surface area contributed by atoms with Gasteiger partial charge in [-0.1, -0.05) is 0 Å². The minimum atomic E-state index is 0. The molecule has 0 amide bonds. The first-order chi connectivity index (χ1) is 10.4. The zero-order valence-electron chi connectivity index (χ0n) is 13.5. The summed E-state index contributed by atoms with van der Waals surface area (Å²) in [7, 11) is 0. The Morgan fingerprint density at radius 3 is 2.52 bits per heavy atom. The Kier molecular flexibility index (Phi) is 6.89. The lowest BCUT2D eigenvalue weighted by molar-refractivity contribution is 0.126. The summed E-state index contributed by atoms with van der Waals surface area (Å²) >= 11 is 0. The number of nitrogens with one attached hydrogen (secondary N) is 1. The van der Waals surface area contributed by atoms with E-state index in [4.69, 9.17) is 0 Å². The van der Waals surface area contributed by atoms with Crippen molar-refractivity contribution in [2.24, 2.45) is 5.92 Å². The number of nitrogens with zero attached hydrogens (tertiary/aromatic N) is 4. The van der Waals surface area contributed by atoms with Gasteiger partial charge in [0, 0.05) is 56.7 Å². The Hall–Kier alpha value is -0.620. The second-order valence-corrected chi connectivity index (χ2v) is 6.77. The van der Waals surface area contributed by atoms with Gasteiger partial charge in [-0.05, 0) is 38.1 Å². The van der Waals surface area contributed by atoms with Crippen molar-refractivity contribution in [3.63, 3.8) is 0 Å². The van der Waals surface area contributed by atoms with E-state index in [0.717, 1.165) is 38.0 Å². The molecule has 1 aromatic heterocycles. The molecule has 2 bridgehead atoms. The molecule has 130 valence electrons. The number of aromatic nitrogens is 2. The van der Waals surface area contributed by atoms with E-state index in [1.165, 1.54) is 44.3 Å². The fourth-order valence-corrected chi connectivity index (χ4v) is 3.97. The van der Waals surface area contributed by atoms with Crippen LogP contribution in [0.5, 0.6) is 0 Å². The van der Waals surface area contributed by atoms with E-state index in [2.05, 4.69) is 25.1 Å². The van der Waals surface area contributed by atoms with E-state index in [0.29, 0.717) is 6.04 Å². The molecule has 0 aliphatic carbocycles. The lowest BCUT2D eigenvalue weighted by Crippen LogP contribution is -2.43. The summed E-state index contributed by atoms with van der Waals surface area (Å²) < 4.78 is 0. The van der Waals surface area contributed by atoms with Crippen LogP contribution in [-0.4, -0.2) is 53.6 Å². The molecule has 7 heteroatoms. The van der Waals surface area contributed by atoms with Crippen LogP contribution >= 0.6 is 24.8 Å². The molecule has 5 heterocycles. The van der Waals surface area contributed by atoms with Crippen molar-refractivity contribution in [1.82, 2.24) is 20.2 Å². The number of hydrogen-bond donors (Lipinski definition) is 1. The van der Waals surface area contributed by atoms with Gasteiger partial charge in [0.25, 0.3) is 0 Å². The van der Waals surface area contributed by atoms with Crippen LogP contribution < -0.4 is 10.2 Å². The predicted octanol–water partition coefficient (Wildman–Crippen LogP) is 2.10. The van der Waals surface area contributed by atoms with Crippen LogP contribution in [0, 0.1) is 5.92 Å². The maximum atomic E-state index is 4.58. The summed E-state index contributed by atoms with van der Waals surface area (Å²) in [6, 6.07) is 0.696. The summed E-state index contributed by atoms with van der Waals surface area (Å²) in [6.45, 7) is 6.79. The number of hydrogen-bond acceptors (Lipinski definition) is 5. The Labute approximate surface area is 151 Å². The van der Waals surface area contributed by atoms with Gasteiger partial charge in [0.2, 0.25) is 5.95 Å². The second-order valence-electron chi connectivity index (χ2n) is 6.77. The third kappa shape index (κ3) is 4.27. The molecule has 5 nitrogen and oxygen atoms in total. The topological polar surface area (TPSA) is 44.3 Å². The average Bonchev–Trinajstić information content (AvgIpc) is 2.87. The summed E-state index contributed by atoms with van der Waals surface area (Å²) in [5.74, 6) is 1.74. The molecule has 4 aliphatic heterocycles. The first-order valence-electron chi connectivity index (χ1n) is 8.39. The molecule has 4 fully saturated rings. The lowest BCUT2D eigenvalue weighted by Gasteiger charge is -2.36. The van der Waals surface area contributed by atoms with Gasteiger partial charge in [-0.2, -0.15) is 0 Å². The van der Waals surface area contributed by atoms with Crippen LogP contribution in [-0.2, 0) is 6.54 Å². The average molecular weight is 360 g/mol. The van der Waals surface area contributed by atoms with Crippen molar-refractivity contribution < 1.29 is 0 Å². The van der Waals surface area contributed by atoms with Crippen molar-refractivity contribution in [2.45, 2.75) is 38.3 Å².